The van der Waals surface area contributed by atoms with Crippen LogP contribution in [-0.4, -0.2) is 42.2 Å². The number of nitrogens with zero attached hydrogens (tertiary/aromatic N) is 1. The van der Waals surface area contributed by atoms with E-state index in [2.05, 4.69) is 12.1 Å². The summed E-state index contributed by atoms with van der Waals surface area (Å²) in [7, 11) is 1.42. The highest BCUT2D eigenvalue weighted by atomic mass is 32.2. The smallest absolute Gasteiger partial charge is 0.308 e. The third kappa shape index (κ3) is 4.50. The molecule has 1 saturated heterocycles. The summed E-state index contributed by atoms with van der Waals surface area (Å²) in [6, 6.07) is 10.2. The Morgan fingerprint density at radius 2 is 1.91 bits per heavy atom. The number of piperidine rings is 1. The van der Waals surface area contributed by atoms with E-state index in [1.807, 2.05) is 30.0 Å². The first-order valence-corrected chi connectivity index (χ1v) is 8.69. The molecule has 1 aliphatic heterocycles. The van der Waals surface area contributed by atoms with Crippen molar-refractivity contribution in [3.63, 3.8) is 0 Å². The van der Waals surface area contributed by atoms with Gasteiger partial charge in [0.1, 0.15) is 0 Å². The van der Waals surface area contributed by atoms with Crippen LogP contribution in [0.3, 0.4) is 0 Å². The van der Waals surface area contributed by atoms with E-state index in [-0.39, 0.29) is 23.0 Å². The summed E-state index contributed by atoms with van der Waals surface area (Å²) in [5, 5.41) is -0.0603. The Morgan fingerprint density at radius 3 is 2.50 bits per heavy atom. The van der Waals surface area contributed by atoms with Crippen LogP contribution in [0.2, 0.25) is 0 Å². The molecular weight excluding hydrogens is 298 g/mol. The van der Waals surface area contributed by atoms with Crippen molar-refractivity contribution in [1.29, 1.82) is 0 Å². The summed E-state index contributed by atoms with van der Waals surface area (Å²) in [6.07, 6.45) is 1.41. The maximum Gasteiger partial charge on any atom is 0.308 e. The number of thioether (sulfide) groups is 1. The van der Waals surface area contributed by atoms with Crippen LogP contribution in [-0.2, 0) is 20.1 Å². The second-order valence-electron chi connectivity index (χ2n) is 5.56. The molecule has 1 aromatic rings. The zero-order valence-electron chi connectivity index (χ0n) is 13.2. The molecule has 5 heteroatoms. The molecule has 0 bridgehead atoms. The van der Waals surface area contributed by atoms with Gasteiger partial charge in [0.15, 0.2) is 0 Å². The number of benzene rings is 1. The highest BCUT2D eigenvalue weighted by Gasteiger charge is 2.29. The average molecular weight is 321 g/mol. The fourth-order valence-corrected chi connectivity index (χ4v) is 3.55. The molecule has 2 rings (SSSR count). The molecule has 1 fully saturated rings. The van der Waals surface area contributed by atoms with Crippen LogP contribution >= 0.6 is 11.8 Å². The third-order valence-corrected chi connectivity index (χ3v) is 5.23. The fourth-order valence-electron chi connectivity index (χ4n) is 2.63. The molecule has 120 valence electrons. The SMILES string of the molecule is COC(=O)C1CCN(C(=O)[C@H](C)SCc2ccccc2)CC1. The van der Waals surface area contributed by atoms with Gasteiger partial charge in [-0.1, -0.05) is 30.3 Å². The Kier molecular flexibility index (Phi) is 6.31. The number of hydrogen-bond acceptors (Lipinski definition) is 4. The van der Waals surface area contributed by atoms with Crippen LogP contribution in [0.15, 0.2) is 30.3 Å². The van der Waals surface area contributed by atoms with E-state index in [4.69, 9.17) is 4.74 Å². The lowest BCUT2D eigenvalue weighted by molar-refractivity contribution is -0.148. The van der Waals surface area contributed by atoms with E-state index in [0.717, 1.165) is 5.75 Å². The van der Waals surface area contributed by atoms with Crippen molar-refractivity contribution in [2.45, 2.75) is 30.8 Å². The zero-order valence-corrected chi connectivity index (χ0v) is 14.0. The topological polar surface area (TPSA) is 46.6 Å². The lowest BCUT2D eigenvalue weighted by Gasteiger charge is -2.32. The van der Waals surface area contributed by atoms with Crippen LogP contribution in [0, 0.1) is 5.92 Å². The number of carbonyl (C=O) groups is 2. The molecule has 1 aliphatic rings. The molecule has 0 spiro atoms. The molecule has 0 unspecified atom stereocenters. The number of methoxy groups -OCH3 is 1. The van der Waals surface area contributed by atoms with Crippen molar-refractivity contribution in [3.05, 3.63) is 35.9 Å². The Morgan fingerprint density at radius 1 is 1.27 bits per heavy atom. The number of likely N-dealkylation sites (tertiary alicyclic amines) is 1. The van der Waals surface area contributed by atoms with Gasteiger partial charge in [0.05, 0.1) is 18.3 Å². The van der Waals surface area contributed by atoms with Gasteiger partial charge in [-0.25, -0.2) is 0 Å². The van der Waals surface area contributed by atoms with Gasteiger partial charge >= 0.3 is 5.97 Å². The van der Waals surface area contributed by atoms with E-state index in [1.165, 1.54) is 12.7 Å². The number of esters is 1. The number of carbonyl (C=O) groups excluding carboxylic acids is 2. The van der Waals surface area contributed by atoms with Gasteiger partial charge in [-0.05, 0) is 25.3 Å². The predicted molar refractivity (Wildman–Crippen MR) is 88.5 cm³/mol. The monoisotopic (exact) mass is 321 g/mol. The predicted octanol–water partition coefficient (Wildman–Crippen LogP) is 2.72. The minimum Gasteiger partial charge on any atom is -0.469 e. The summed E-state index contributed by atoms with van der Waals surface area (Å²) < 4.78 is 4.77. The molecule has 0 N–H and O–H groups in total. The number of rotatable bonds is 5. The first-order valence-electron chi connectivity index (χ1n) is 7.64. The summed E-state index contributed by atoms with van der Waals surface area (Å²) in [4.78, 5) is 25.8. The fraction of sp³-hybridized carbons (Fsp3) is 0.529. The molecule has 0 saturated carbocycles. The maximum atomic E-state index is 12.5. The lowest BCUT2D eigenvalue weighted by Crippen LogP contribution is -2.43. The molecule has 1 atom stereocenters. The normalized spacial score (nSPS) is 17.1. The molecule has 0 aliphatic carbocycles. The minimum atomic E-state index is -0.154. The number of hydrogen-bond donors (Lipinski definition) is 0. The summed E-state index contributed by atoms with van der Waals surface area (Å²) in [6.45, 7) is 3.26. The van der Waals surface area contributed by atoms with E-state index >= 15 is 0 Å². The third-order valence-electron chi connectivity index (χ3n) is 4.03. The molecule has 22 heavy (non-hydrogen) atoms. The average Bonchev–Trinajstić information content (AvgIpc) is 2.59. The maximum absolute atomic E-state index is 12.5. The van der Waals surface area contributed by atoms with Gasteiger partial charge in [-0.3, -0.25) is 9.59 Å². The standard InChI is InChI=1S/C17H23NO3S/c1-13(22-12-14-6-4-3-5-7-14)16(19)18-10-8-15(9-11-18)17(20)21-2/h3-7,13,15H,8-12H2,1-2H3/t13-/m0/s1. The Balaban J connectivity index is 1.78. The van der Waals surface area contributed by atoms with Crippen molar-refractivity contribution < 1.29 is 14.3 Å². The Labute approximate surface area is 136 Å². The van der Waals surface area contributed by atoms with Crippen molar-refractivity contribution in [1.82, 2.24) is 4.90 Å². The molecule has 1 aromatic carbocycles. The second kappa shape index (κ2) is 8.22. The molecular formula is C17H23NO3S. The van der Waals surface area contributed by atoms with E-state index in [9.17, 15) is 9.59 Å². The second-order valence-corrected chi connectivity index (χ2v) is 6.89. The summed E-state index contributed by atoms with van der Waals surface area (Å²) in [5.74, 6) is 0.802. The van der Waals surface area contributed by atoms with Crippen molar-refractivity contribution in [2.75, 3.05) is 20.2 Å². The molecule has 4 nitrogen and oxygen atoms in total. The van der Waals surface area contributed by atoms with Crippen molar-refractivity contribution in [2.24, 2.45) is 5.92 Å². The number of ether oxygens (including phenoxy) is 1. The van der Waals surface area contributed by atoms with E-state index in [0.29, 0.717) is 25.9 Å². The Hall–Kier alpha value is -1.49. The highest BCUT2D eigenvalue weighted by Crippen LogP contribution is 2.23. The summed E-state index contributed by atoms with van der Waals surface area (Å²) >= 11 is 1.66. The van der Waals surface area contributed by atoms with Gasteiger partial charge in [-0.2, -0.15) is 0 Å². The van der Waals surface area contributed by atoms with Crippen LogP contribution in [0.4, 0.5) is 0 Å². The zero-order chi connectivity index (χ0) is 15.9. The first kappa shape index (κ1) is 16.9. The van der Waals surface area contributed by atoms with Gasteiger partial charge in [0.2, 0.25) is 5.91 Å². The number of amides is 1. The van der Waals surface area contributed by atoms with Crippen LogP contribution < -0.4 is 0 Å². The first-order chi connectivity index (χ1) is 10.6. The van der Waals surface area contributed by atoms with Gasteiger partial charge in [0, 0.05) is 18.8 Å². The molecule has 0 radical (unpaired) electrons. The van der Waals surface area contributed by atoms with Gasteiger partial charge in [0.25, 0.3) is 0 Å². The van der Waals surface area contributed by atoms with Crippen molar-refractivity contribution >= 4 is 23.6 Å². The van der Waals surface area contributed by atoms with Crippen LogP contribution in [0.25, 0.3) is 0 Å². The minimum absolute atomic E-state index is 0.0543. The lowest BCUT2D eigenvalue weighted by atomic mass is 9.97. The van der Waals surface area contributed by atoms with Crippen LogP contribution in [0.5, 0.6) is 0 Å². The quantitative estimate of drug-likeness (QED) is 0.782. The van der Waals surface area contributed by atoms with E-state index < -0.39 is 0 Å². The largest absolute Gasteiger partial charge is 0.469 e. The summed E-state index contributed by atoms with van der Waals surface area (Å²) in [5.41, 5.74) is 1.23. The molecule has 1 amide bonds. The van der Waals surface area contributed by atoms with Gasteiger partial charge < -0.3 is 9.64 Å². The van der Waals surface area contributed by atoms with Crippen LogP contribution in [0.1, 0.15) is 25.3 Å². The van der Waals surface area contributed by atoms with E-state index in [1.54, 1.807) is 11.8 Å². The highest BCUT2D eigenvalue weighted by molar-refractivity contribution is 7.99. The van der Waals surface area contributed by atoms with Crippen molar-refractivity contribution in [3.8, 4) is 0 Å². The Bertz CT molecular complexity index is 498. The molecule has 1 heterocycles. The molecule has 0 aromatic heterocycles. The van der Waals surface area contributed by atoms with Gasteiger partial charge in [-0.15, -0.1) is 11.8 Å².